The van der Waals surface area contributed by atoms with Crippen LogP contribution < -0.4 is 4.74 Å². The van der Waals surface area contributed by atoms with Gasteiger partial charge in [0.15, 0.2) is 23.0 Å². The van der Waals surface area contributed by atoms with Crippen molar-refractivity contribution in [2.45, 2.75) is 13.0 Å². The Kier molecular flexibility index (Phi) is 6.46. The van der Waals surface area contributed by atoms with Gasteiger partial charge in [-0.05, 0) is 41.5 Å². The van der Waals surface area contributed by atoms with Crippen molar-refractivity contribution in [2.75, 3.05) is 13.7 Å². The van der Waals surface area contributed by atoms with E-state index < -0.39 is 5.97 Å². The van der Waals surface area contributed by atoms with Crippen molar-refractivity contribution in [1.82, 2.24) is 0 Å². The molecule has 0 aliphatic heterocycles. The van der Waals surface area contributed by atoms with Gasteiger partial charge in [-0.2, -0.15) is 0 Å². The number of ether oxygens (including phenoxy) is 2. The highest BCUT2D eigenvalue weighted by atomic mass is 16.5. The van der Waals surface area contributed by atoms with Gasteiger partial charge in [-0.3, -0.25) is 0 Å². The molecule has 2 rings (SSSR count). The number of rotatable bonds is 7. The number of aliphatic hydroxyl groups excluding tert-OH is 1. The molecule has 0 heterocycles. The molecule has 0 unspecified atom stereocenters. The normalized spacial score (nSPS) is 10.8. The minimum Gasteiger partial charge on any atom is -0.504 e. The van der Waals surface area contributed by atoms with Gasteiger partial charge in [-0.1, -0.05) is 6.07 Å². The van der Waals surface area contributed by atoms with Crippen molar-refractivity contribution in [1.29, 1.82) is 0 Å². The Balaban J connectivity index is 1.93. The van der Waals surface area contributed by atoms with E-state index in [-0.39, 0.29) is 41.8 Å². The number of aliphatic hydroxyl groups is 1. The first kappa shape index (κ1) is 19.1. The van der Waals surface area contributed by atoms with Gasteiger partial charge >= 0.3 is 5.97 Å². The van der Waals surface area contributed by atoms with Crippen molar-refractivity contribution < 1.29 is 34.7 Å². The molecule has 0 saturated carbocycles. The molecule has 2 aromatic carbocycles. The molecule has 0 spiro atoms. The average molecular weight is 360 g/mol. The van der Waals surface area contributed by atoms with Crippen LogP contribution in [0, 0.1) is 0 Å². The first-order valence-electron chi connectivity index (χ1n) is 7.81. The number of phenolic OH excluding ortho intramolecular Hbond substituents is 2. The van der Waals surface area contributed by atoms with Crippen molar-refractivity contribution in [3.05, 3.63) is 53.1 Å². The standard InChI is InChI=1S/C19H20O7/c1-25-17-10-13(8-14(11-20)19(17)24)3-5-18(23)26-7-6-12-2-4-15(21)16(22)9-12/h2-5,8-10,20-22,24H,6-7,11H2,1H3/b5-3+. The van der Waals surface area contributed by atoms with Crippen LogP contribution in [0.2, 0.25) is 0 Å². The summed E-state index contributed by atoms with van der Waals surface area (Å²) >= 11 is 0. The van der Waals surface area contributed by atoms with Crippen molar-refractivity contribution in [3.8, 4) is 23.0 Å². The molecule has 0 aliphatic rings. The fraction of sp³-hybridized carbons (Fsp3) is 0.211. The zero-order valence-corrected chi connectivity index (χ0v) is 14.2. The van der Waals surface area contributed by atoms with E-state index >= 15 is 0 Å². The van der Waals surface area contributed by atoms with E-state index in [9.17, 15) is 25.2 Å². The monoisotopic (exact) mass is 360 g/mol. The van der Waals surface area contributed by atoms with Crippen LogP contribution in [0.4, 0.5) is 0 Å². The minimum absolute atomic E-state index is 0.105. The summed E-state index contributed by atoms with van der Waals surface area (Å²) < 4.78 is 10.1. The van der Waals surface area contributed by atoms with Crippen molar-refractivity contribution in [3.63, 3.8) is 0 Å². The van der Waals surface area contributed by atoms with Gasteiger partial charge in [0.2, 0.25) is 0 Å². The summed E-state index contributed by atoms with van der Waals surface area (Å²) in [4.78, 5) is 11.8. The second kappa shape index (κ2) is 8.77. The smallest absolute Gasteiger partial charge is 0.330 e. The fourth-order valence-corrected chi connectivity index (χ4v) is 2.27. The van der Waals surface area contributed by atoms with Crippen molar-refractivity contribution in [2.24, 2.45) is 0 Å². The van der Waals surface area contributed by atoms with E-state index in [1.807, 2.05) is 0 Å². The molecule has 0 atom stereocenters. The van der Waals surface area contributed by atoms with E-state index in [0.717, 1.165) is 0 Å². The maximum atomic E-state index is 11.8. The number of carbonyl (C=O) groups excluding carboxylic acids is 1. The highest BCUT2D eigenvalue weighted by Crippen LogP contribution is 2.32. The third kappa shape index (κ3) is 4.90. The van der Waals surface area contributed by atoms with Gasteiger partial charge < -0.3 is 29.9 Å². The molecule has 7 heteroatoms. The summed E-state index contributed by atoms with van der Waals surface area (Å²) in [7, 11) is 1.39. The molecule has 7 nitrogen and oxygen atoms in total. The molecule has 4 N–H and O–H groups in total. The number of hydrogen-bond donors (Lipinski definition) is 4. The maximum absolute atomic E-state index is 11.8. The number of carbonyl (C=O) groups is 1. The highest BCUT2D eigenvalue weighted by Gasteiger charge is 2.09. The first-order valence-corrected chi connectivity index (χ1v) is 7.81. The molecule has 0 fully saturated rings. The Labute approximate surface area is 150 Å². The van der Waals surface area contributed by atoms with Crippen LogP contribution in [0.25, 0.3) is 6.08 Å². The predicted octanol–water partition coefficient (Wildman–Crippen LogP) is 2.10. The van der Waals surface area contributed by atoms with Crippen LogP contribution >= 0.6 is 0 Å². The van der Waals surface area contributed by atoms with Crippen LogP contribution in [0.5, 0.6) is 23.0 Å². The molecular weight excluding hydrogens is 340 g/mol. The molecule has 0 aliphatic carbocycles. The number of methoxy groups -OCH3 is 1. The average Bonchev–Trinajstić information content (AvgIpc) is 2.63. The Morgan fingerprint density at radius 1 is 1.12 bits per heavy atom. The summed E-state index contributed by atoms with van der Waals surface area (Å²) in [5.41, 5.74) is 1.56. The van der Waals surface area contributed by atoms with E-state index in [1.54, 1.807) is 6.07 Å². The zero-order chi connectivity index (χ0) is 19.1. The predicted molar refractivity (Wildman–Crippen MR) is 94.1 cm³/mol. The Morgan fingerprint density at radius 2 is 1.88 bits per heavy atom. The third-order valence-corrected chi connectivity index (χ3v) is 3.65. The van der Waals surface area contributed by atoms with Gasteiger partial charge in [0.1, 0.15) is 0 Å². The van der Waals surface area contributed by atoms with Crippen LogP contribution in [-0.2, 0) is 22.6 Å². The maximum Gasteiger partial charge on any atom is 0.330 e. The highest BCUT2D eigenvalue weighted by molar-refractivity contribution is 5.87. The van der Waals surface area contributed by atoms with E-state index in [0.29, 0.717) is 17.5 Å². The molecule has 138 valence electrons. The van der Waals surface area contributed by atoms with Gasteiger partial charge in [0.25, 0.3) is 0 Å². The number of hydrogen-bond acceptors (Lipinski definition) is 7. The number of aromatic hydroxyl groups is 3. The molecule has 0 aromatic heterocycles. The quantitative estimate of drug-likeness (QED) is 0.339. The number of benzene rings is 2. The van der Waals surface area contributed by atoms with E-state index in [4.69, 9.17) is 9.47 Å². The molecule has 0 radical (unpaired) electrons. The van der Waals surface area contributed by atoms with Gasteiger partial charge in [0.05, 0.1) is 20.3 Å². The lowest BCUT2D eigenvalue weighted by molar-refractivity contribution is -0.137. The molecular formula is C19H20O7. The Bertz CT molecular complexity index is 787. The second-order valence-corrected chi connectivity index (χ2v) is 5.46. The third-order valence-electron chi connectivity index (χ3n) is 3.65. The van der Waals surface area contributed by atoms with E-state index in [2.05, 4.69) is 0 Å². The lowest BCUT2D eigenvalue weighted by atomic mass is 10.1. The summed E-state index contributed by atoms with van der Waals surface area (Å²) in [6, 6.07) is 7.44. The van der Waals surface area contributed by atoms with Crippen LogP contribution in [0.3, 0.4) is 0 Å². The van der Waals surface area contributed by atoms with Crippen LogP contribution in [0.1, 0.15) is 16.7 Å². The molecule has 26 heavy (non-hydrogen) atoms. The van der Waals surface area contributed by atoms with Crippen LogP contribution in [-0.4, -0.2) is 40.1 Å². The second-order valence-electron chi connectivity index (χ2n) is 5.46. The van der Waals surface area contributed by atoms with Gasteiger partial charge in [-0.15, -0.1) is 0 Å². The largest absolute Gasteiger partial charge is 0.504 e. The minimum atomic E-state index is -0.564. The van der Waals surface area contributed by atoms with E-state index in [1.165, 1.54) is 43.5 Å². The molecule has 0 amide bonds. The van der Waals surface area contributed by atoms with Crippen LogP contribution in [0.15, 0.2) is 36.4 Å². The fourth-order valence-electron chi connectivity index (χ4n) is 2.27. The summed E-state index contributed by atoms with van der Waals surface area (Å²) in [5.74, 6) is -0.955. The van der Waals surface area contributed by atoms with Gasteiger partial charge in [-0.25, -0.2) is 4.79 Å². The zero-order valence-electron chi connectivity index (χ0n) is 14.2. The topological polar surface area (TPSA) is 116 Å². The Hall–Kier alpha value is -3.19. The molecule has 0 bridgehead atoms. The van der Waals surface area contributed by atoms with Gasteiger partial charge in [0, 0.05) is 18.1 Å². The number of esters is 1. The Morgan fingerprint density at radius 3 is 2.54 bits per heavy atom. The van der Waals surface area contributed by atoms with Crippen molar-refractivity contribution >= 4 is 12.0 Å². The summed E-state index contributed by atoms with van der Waals surface area (Å²) in [5, 5.41) is 37.7. The first-order chi connectivity index (χ1) is 12.4. The molecule has 0 saturated heterocycles. The molecule has 2 aromatic rings. The summed E-state index contributed by atoms with van der Waals surface area (Å²) in [6.07, 6.45) is 3.09. The lowest BCUT2D eigenvalue weighted by Gasteiger charge is -2.08. The summed E-state index contributed by atoms with van der Waals surface area (Å²) in [6.45, 7) is -0.262. The SMILES string of the molecule is COc1cc(/C=C/C(=O)OCCc2ccc(O)c(O)c2)cc(CO)c1O. The number of phenols is 3. The lowest BCUT2D eigenvalue weighted by Crippen LogP contribution is -2.04.